The molecule has 0 aromatic heterocycles. The summed E-state index contributed by atoms with van der Waals surface area (Å²) in [6.07, 6.45) is 0. The number of aryl methyl sites for hydroxylation is 1. The molecule has 70 valence electrons. The third-order valence-electron chi connectivity index (χ3n) is 1.97. The normalized spacial score (nSPS) is 21.5. The zero-order valence-corrected chi connectivity index (χ0v) is 8.04. The highest BCUT2D eigenvalue weighted by atomic mass is 32.2. The predicted octanol–water partition coefficient (Wildman–Crippen LogP) is 1.13. The van der Waals surface area contributed by atoms with E-state index in [-0.39, 0.29) is 0 Å². The second-order valence-electron chi connectivity index (χ2n) is 3.12. The third kappa shape index (κ3) is 1.59. The van der Waals surface area contributed by atoms with Gasteiger partial charge in [0, 0.05) is 0 Å². The van der Waals surface area contributed by atoms with Crippen LogP contribution in [0.3, 0.4) is 0 Å². The number of epoxide rings is 1. The molecule has 13 heavy (non-hydrogen) atoms. The maximum Gasteiger partial charge on any atom is 0.207 e. The summed E-state index contributed by atoms with van der Waals surface area (Å²) in [6.45, 7) is 2.20. The Morgan fingerprint density at radius 2 is 2.15 bits per heavy atom. The highest BCUT2D eigenvalue weighted by Gasteiger charge is 2.38. The molecule has 4 heteroatoms. The van der Waals surface area contributed by atoms with Gasteiger partial charge in [0.05, 0.1) is 11.5 Å². The molecule has 0 spiro atoms. The number of ether oxygens (including phenoxy) is 1. The molecule has 0 radical (unpaired) electrons. The van der Waals surface area contributed by atoms with Gasteiger partial charge in [-0.3, -0.25) is 0 Å². The average Bonchev–Trinajstić information content (AvgIpc) is 2.86. The van der Waals surface area contributed by atoms with Crippen LogP contribution in [0.2, 0.25) is 0 Å². The second kappa shape index (κ2) is 2.82. The van der Waals surface area contributed by atoms with Gasteiger partial charge in [-0.2, -0.15) is 0 Å². The summed E-state index contributed by atoms with van der Waals surface area (Å²) >= 11 is 0. The van der Waals surface area contributed by atoms with Crippen molar-refractivity contribution < 1.29 is 13.2 Å². The summed E-state index contributed by atoms with van der Waals surface area (Å²) in [6, 6.07) is 6.87. The van der Waals surface area contributed by atoms with E-state index >= 15 is 0 Å². The lowest BCUT2D eigenvalue weighted by Crippen LogP contribution is -2.08. The molecule has 1 heterocycles. The molecule has 1 fully saturated rings. The van der Waals surface area contributed by atoms with Gasteiger partial charge < -0.3 is 4.74 Å². The van der Waals surface area contributed by atoms with E-state index in [9.17, 15) is 8.42 Å². The van der Waals surface area contributed by atoms with Crippen LogP contribution in [-0.4, -0.2) is 20.5 Å². The first-order valence-corrected chi connectivity index (χ1v) is 5.57. The SMILES string of the molecule is Cc1cccc(S(=O)(=O)C2CO2)c1. The maximum absolute atomic E-state index is 11.6. The van der Waals surface area contributed by atoms with E-state index in [1.165, 1.54) is 0 Å². The summed E-state index contributed by atoms with van der Waals surface area (Å²) in [4.78, 5) is 0.356. The minimum absolute atomic E-state index is 0.330. The van der Waals surface area contributed by atoms with Gasteiger partial charge in [0.2, 0.25) is 9.84 Å². The fourth-order valence-corrected chi connectivity index (χ4v) is 2.52. The molecule has 0 bridgehead atoms. The van der Waals surface area contributed by atoms with Crippen LogP contribution in [0.4, 0.5) is 0 Å². The minimum atomic E-state index is -3.21. The summed E-state index contributed by atoms with van der Waals surface area (Å²) in [5, 5.41) is 0. The summed E-state index contributed by atoms with van der Waals surface area (Å²) < 4.78 is 28.0. The van der Waals surface area contributed by atoms with Gasteiger partial charge in [-0.25, -0.2) is 8.42 Å². The quantitative estimate of drug-likeness (QED) is 0.669. The molecule has 1 atom stereocenters. The zero-order chi connectivity index (χ0) is 9.47. The van der Waals surface area contributed by atoms with Gasteiger partial charge in [-0.1, -0.05) is 12.1 Å². The molecule has 1 saturated heterocycles. The van der Waals surface area contributed by atoms with Crippen LogP contribution < -0.4 is 0 Å². The fraction of sp³-hybridized carbons (Fsp3) is 0.333. The van der Waals surface area contributed by atoms with E-state index in [1.807, 2.05) is 13.0 Å². The maximum atomic E-state index is 11.6. The van der Waals surface area contributed by atoms with Gasteiger partial charge in [0.1, 0.15) is 0 Å². The van der Waals surface area contributed by atoms with Crippen LogP contribution in [0.15, 0.2) is 29.2 Å². The minimum Gasteiger partial charge on any atom is -0.356 e. The summed E-state index contributed by atoms with van der Waals surface area (Å²) in [5.74, 6) is 0. The Balaban J connectivity index is 2.45. The highest BCUT2D eigenvalue weighted by molar-refractivity contribution is 7.92. The Kier molecular flexibility index (Phi) is 1.89. The van der Waals surface area contributed by atoms with Crippen molar-refractivity contribution in [2.24, 2.45) is 0 Å². The first-order valence-electron chi connectivity index (χ1n) is 4.03. The van der Waals surface area contributed by atoms with E-state index in [0.717, 1.165) is 5.56 Å². The van der Waals surface area contributed by atoms with Crippen LogP contribution in [0.25, 0.3) is 0 Å². The van der Waals surface area contributed by atoms with E-state index in [0.29, 0.717) is 11.5 Å². The number of sulfone groups is 1. The first-order chi connectivity index (χ1) is 6.10. The van der Waals surface area contributed by atoms with E-state index in [4.69, 9.17) is 4.74 Å². The summed E-state index contributed by atoms with van der Waals surface area (Å²) in [5.41, 5.74) is 0.344. The number of rotatable bonds is 2. The molecule has 0 aliphatic carbocycles. The van der Waals surface area contributed by atoms with Crippen molar-refractivity contribution >= 4 is 9.84 Å². The lowest BCUT2D eigenvalue weighted by molar-refractivity contribution is 0.445. The molecule has 1 unspecified atom stereocenters. The van der Waals surface area contributed by atoms with Crippen molar-refractivity contribution in [1.29, 1.82) is 0 Å². The van der Waals surface area contributed by atoms with Gasteiger partial charge in [0.25, 0.3) is 0 Å². The van der Waals surface area contributed by atoms with Crippen molar-refractivity contribution in [2.75, 3.05) is 6.61 Å². The molecule has 1 aliphatic rings. The van der Waals surface area contributed by atoms with E-state index < -0.39 is 15.3 Å². The number of hydrogen-bond acceptors (Lipinski definition) is 3. The van der Waals surface area contributed by atoms with Crippen LogP contribution in [0.1, 0.15) is 5.56 Å². The molecule has 0 saturated carbocycles. The van der Waals surface area contributed by atoms with Crippen molar-refractivity contribution in [3.8, 4) is 0 Å². The second-order valence-corrected chi connectivity index (χ2v) is 5.21. The number of hydrogen-bond donors (Lipinski definition) is 0. The van der Waals surface area contributed by atoms with Gasteiger partial charge in [-0.15, -0.1) is 0 Å². The Hall–Kier alpha value is -0.870. The molecule has 1 aromatic carbocycles. The monoisotopic (exact) mass is 198 g/mol. The highest BCUT2D eigenvalue weighted by Crippen LogP contribution is 2.25. The van der Waals surface area contributed by atoms with Crippen molar-refractivity contribution in [3.05, 3.63) is 29.8 Å². The van der Waals surface area contributed by atoms with Crippen LogP contribution >= 0.6 is 0 Å². The van der Waals surface area contributed by atoms with Gasteiger partial charge in [-0.05, 0) is 24.6 Å². The molecular formula is C9H10O3S. The van der Waals surface area contributed by atoms with E-state index in [1.54, 1.807) is 18.2 Å². The van der Waals surface area contributed by atoms with Crippen LogP contribution in [0.5, 0.6) is 0 Å². The Bertz CT molecular complexity index is 418. The summed E-state index contributed by atoms with van der Waals surface area (Å²) in [7, 11) is -3.21. The molecule has 2 rings (SSSR count). The predicted molar refractivity (Wildman–Crippen MR) is 48.1 cm³/mol. The molecular weight excluding hydrogens is 188 g/mol. The lowest BCUT2D eigenvalue weighted by Gasteiger charge is -2.00. The Morgan fingerprint density at radius 1 is 1.46 bits per heavy atom. The topological polar surface area (TPSA) is 46.7 Å². The van der Waals surface area contributed by atoms with Crippen LogP contribution in [0, 0.1) is 6.92 Å². The van der Waals surface area contributed by atoms with Crippen molar-refractivity contribution in [1.82, 2.24) is 0 Å². The van der Waals surface area contributed by atoms with Crippen molar-refractivity contribution in [3.63, 3.8) is 0 Å². The molecule has 3 nitrogen and oxygen atoms in total. The lowest BCUT2D eigenvalue weighted by atomic mass is 10.2. The molecule has 0 amide bonds. The zero-order valence-electron chi connectivity index (χ0n) is 7.23. The molecule has 1 aliphatic heterocycles. The van der Waals surface area contributed by atoms with Crippen molar-refractivity contribution in [2.45, 2.75) is 17.3 Å². The molecule has 0 N–H and O–H groups in total. The third-order valence-corrected chi connectivity index (χ3v) is 3.84. The van der Waals surface area contributed by atoms with Gasteiger partial charge >= 0.3 is 0 Å². The standard InChI is InChI=1S/C9H10O3S/c1-7-3-2-4-8(5-7)13(10,11)9-6-12-9/h2-5,9H,6H2,1H3. The Labute approximate surface area is 77.3 Å². The first kappa shape index (κ1) is 8.72. The smallest absolute Gasteiger partial charge is 0.207 e. The van der Waals surface area contributed by atoms with Gasteiger partial charge in [0.15, 0.2) is 5.44 Å². The fourth-order valence-electron chi connectivity index (χ4n) is 1.16. The average molecular weight is 198 g/mol. The number of benzene rings is 1. The van der Waals surface area contributed by atoms with E-state index in [2.05, 4.69) is 0 Å². The Morgan fingerprint density at radius 3 is 2.69 bits per heavy atom. The van der Waals surface area contributed by atoms with Crippen LogP contribution in [-0.2, 0) is 14.6 Å². The largest absolute Gasteiger partial charge is 0.356 e. The molecule has 1 aromatic rings.